The van der Waals surface area contributed by atoms with Gasteiger partial charge in [0.1, 0.15) is 17.3 Å². The third kappa shape index (κ3) is 3.47. The smallest absolute Gasteiger partial charge is 0.365 e. The van der Waals surface area contributed by atoms with Gasteiger partial charge in [0.25, 0.3) is 0 Å². The first-order chi connectivity index (χ1) is 13.7. The van der Waals surface area contributed by atoms with Crippen molar-refractivity contribution < 1.29 is 13.2 Å². The number of anilines is 1. The van der Waals surface area contributed by atoms with Gasteiger partial charge in [0, 0.05) is 12.1 Å². The van der Waals surface area contributed by atoms with E-state index in [1.165, 1.54) is 19.3 Å². The minimum atomic E-state index is -4.41. The first kappa shape index (κ1) is 19.4. The summed E-state index contributed by atoms with van der Waals surface area (Å²) in [6, 6.07) is 8.12. The van der Waals surface area contributed by atoms with Crippen LogP contribution in [0.1, 0.15) is 35.1 Å². The molecule has 9 heteroatoms. The quantitative estimate of drug-likeness (QED) is 0.592. The molecule has 2 aromatic heterocycles. The van der Waals surface area contributed by atoms with Crippen molar-refractivity contribution >= 4 is 28.5 Å². The van der Waals surface area contributed by atoms with Crippen LogP contribution >= 0.6 is 11.6 Å². The fraction of sp³-hybridized carbons (Fsp3) is 0.300. The van der Waals surface area contributed by atoms with Crippen LogP contribution in [0.5, 0.6) is 0 Å². The number of hydrogen-bond donors (Lipinski definition) is 1. The Morgan fingerprint density at radius 2 is 2.03 bits per heavy atom. The minimum Gasteiger partial charge on any atom is -0.365 e. The fourth-order valence-corrected chi connectivity index (χ4v) is 3.68. The van der Waals surface area contributed by atoms with Gasteiger partial charge in [-0.05, 0) is 43.0 Å². The lowest BCUT2D eigenvalue weighted by Gasteiger charge is -2.15. The molecule has 2 heterocycles. The monoisotopic (exact) mass is 417 g/mol. The molecule has 0 spiro atoms. The first-order valence-corrected chi connectivity index (χ1v) is 9.25. The lowest BCUT2D eigenvalue weighted by molar-refractivity contribution is -0.138. The standard InChI is InChI=1S/C20H15ClF3N5/c1-11-12(3-2-4-14(11)20(22,23)24)8-26-17-13-7-15(19(9-25)5-6-19)16(21)29-18(13)28-10-27-17/h2-4,7,10H,5-6,8H2,1H3,(H,26,27,28,29). The summed E-state index contributed by atoms with van der Waals surface area (Å²) in [4.78, 5) is 12.6. The highest BCUT2D eigenvalue weighted by atomic mass is 35.5. The van der Waals surface area contributed by atoms with Gasteiger partial charge in [0.2, 0.25) is 0 Å². The number of halogens is 4. The van der Waals surface area contributed by atoms with E-state index in [0.29, 0.717) is 40.8 Å². The second-order valence-electron chi connectivity index (χ2n) is 7.06. The number of aromatic nitrogens is 3. The molecule has 0 radical (unpaired) electrons. The summed E-state index contributed by atoms with van der Waals surface area (Å²) >= 11 is 6.26. The summed E-state index contributed by atoms with van der Waals surface area (Å²) in [5.74, 6) is 0.422. The molecule has 0 saturated heterocycles. The molecule has 29 heavy (non-hydrogen) atoms. The predicted octanol–water partition coefficient (Wildman–Crippen LogP) is 5.17. The van der Waals surface area contributed by atoms with Gasteiger partial charge >= 0.3 is 6.18 Å². The van der Waals surface area contributed by atoms with E-state index in [0.717, 1.165) is 6.07 Å². The van der Waals surface area contributed by atoms with E-state index >= 15 is 0 Å². The van der Waals surface area contributed by atoms with E-state index in [2.05, 4.69) is 26.3 Å². The Hall–Kier alpha value is -2.92. The van der Waals surface area contributed by atoms with Crippen LogP contribution in [-0.2, 0) is 18.1 Å². The maximum atomic E-state index is 13.1. The molecule has 4 rings (SSSR count). The molecule has 0 amide bonds. The lowest BCUT2D eigenvalue weighted by Crippen LogP contribution is -2.11. The van der Waals surface area contributed by atoms with E-state index in [1.807, 2.05) is 0 Å². The van der Waals surface area contributed by atoms with Gasteiger partial charge < -0.3 is 5.32 Å². The van der Waals surface area contributed by atoms with E-state index < -0.39 is 17.2 Å². The van der Waals surface area contributed by atoms with Crippen LogP contribution in [0.2, 0.25) is 5.15 Å². The number of benzene rings is 1. The highest BCUT2D eigenvalue weighted by Crippen LogP contribution is 2.50. The summed E-state index contributed by atoms with van der Waals surface area (Å²) in [6.07, 6.45) is -1.69. The number of fused-ring (bicyclic) bond motifs is 1. The molecule has 1 aliphatic rings. The van der Waals surface area contributed by atoms with Gasteiger partial charge in [0.05, 0.1) is 22.4 Å². The molecule has 0 atom stereocenters. The highest BCUT2D eigenvalue weighted by Gasteiger charge is 2.47. The molecule has 0 bridgehead atoms. The number of hydrogen-bond acceptors (Lipinski definition) is 5. The third-order valence-electron chi connectivity index (χ3n) is 5.26. The molecule has 0 aliphatic heterocycles. The average molecular weight is 418 g/mol. The van der Waals surface area contributed by atoms with E-state index in [9.17, 15) is 18.4 Å². The molecule has 3 aromatic rings. The molecule has 148 valence electrons. The van der Waals surface area contributed by atoms with E-state index in [-0.39, 0.29) is 17.3 Å². The number of pyridine rings is 1. The zero-order valence-corrected chi connectivity index (χ0v) is 16.1. The lowest BCUT2D eigenvalue weighted by atomic mass is 9.98. The van der Waals surface area contributed by atoms with Crippen molar-refractivity contribution in [3.8, 4) is 6.07 Å². The fourth-order valence-electron chi connectivity index (χ4n) is 3.37. The molecular formula is C20H15ClF3N5. The van der Waals surface area contributed by atoms with E-state index in [4.69, 9.17) is 11.6 Å². The summed E-state index contributed by atoms with van der Waals surface area (Å²) in [6.45, 7) is 1.59. The van der Waals surface area contributed by atoms with Gasteiger partial charge in [-0.1, -0.05) is 23.7 Å². The molecule has 5 nitrogen and oxygen atoms in total. The second-order valence-corrected chi connectivity index (χ2v) is 7.41. The minimum absolute atomic E-state index is 0.142. The Morgan fingerprint density at radius 1 is 1.28 bits per heavy atom. The van der Waals surface area contributed by atoms with Gasteiger partial charge in [0.15, 0.2) is 5.65 Å². The van der Waals surface area contributed by atoms with Crippen LogP contribution in [0.4, 0.5) is 19.0 Å². The van der Waals surface area contributed by atoms with Gasteiger partial charge in [-0.3, -0.25) is 0 Å². The zero-order chi connectivity index (χ0) is 20.8. The van der Waals surface area contributed by atoms with Gasteiger partial charge in [-0.2, -0.15) is 18.4 Å². The summed E-state index contributed by atoms with van der Waals surface area (Å²) in [7, 11) is 0. The van der Waals surface area contributed by atoms with Crippen molar-refractivity contribution in [2.75, 3.05) is 5.32 Å². The number of nitrogens with one attached hydrogen (secondary N) is 1. The Kier molecular flexibility index (Phi) is 4.58. The van der Waals surface area contributed by atoms with Crippen molar-refractivity contribution in [1.82, 2.24) is 15.0 Å². The van der Waals surface area contributed by atoms with Crippen LogP contribution in [0.15, 0.2) is 30.6 Å². The maximum absolute atomic E-state index is 13.1. The normalized spacial score (nSPS) is 15.2. The van der Waals surface area contributed by atoms with Gasteiger partial charge in [-0.25, -0.2) is 15.0 Å². The summed E-state index contributed by atoms with van der Waals surface area (Å²) in [5.41, 5.74) is 0.347. The molecular weight excluding hydrogens is 403 g/mol. The number of nitrogens with zero attached hydrogens (tertiary/aromatic N) is 4. The van der Waals surface area contributed by atoms with Crippen LogP contribution in [0.25, 0.3) is 11.0 Å². The van der Waals surface area contributed by atoms with Crippen LogP contribution in [0.3, 0.4) is 0 Å². The van der Waals surface area contributed by atoms with Crippen molar-refractivity contribution in [2.45, 2.75) is 37.9 Å². The molecule has 1 N–H and O–H groups in total. The topological polar surface area (TPSA) is 74.5 Å². The predicted molar refractivity (Wildman–Crippen MR) is 102 cm³/mol. The highest BCUT2D eigenvalue weighted by molar-refractivity contribution is 6.30. The number of alkyl halides is 3. The SMILES string of the molecule is Cc1c(CNc2ncnc3nc(Cl)c(C4(C#N)CC4)cc23)cccc1C(F)(F)F. The zero-order valence-electron chi connectivity index (χ0n) is 15.3. The molecule has 0 unspecified atom stereocenters. The van der Waals surface area contributed by atoms with Crippen molar-refractivity contribution in [2.24, 2.45) is 0 Å². The maximum Gasteiger partial charge on any atom is 0.416 e. The van der Waals surface area contributed by atoms with Crippen molar-refractivity contribution in [3.05, 3.63) is 58.0 Å². The molecule has 1 aromatic carbocycles. The molecule has 1 saturated carbocycles. The average Bonchev–Trinajstić information content (AvgIpc) is 3.46. The van der Waals surface area contributed by atoms with Gasteiger partial charge in [-0.15, -0.1) is 0 Å². The molecule has 1 aliphatic carbocycles. The Labute approximate surface area is 169 Å². The molecule has 1 fully saturated rings. The van der Waals surface area contributed by atoms with Crippen LogP contribution in [0, 0.1) is 18.3 Å². The van der Waals surface area contributed by atoms with Crippen molar-refractivity contribution in [1.29, 1.82) is 5.26 Å². The number of nitriles is 1. The summed E-state index contributed by atoms with van der Waals surface area (Å²) in [5, 5.41) is 13.3. The Balaban J connectivity index is 1.69. The Bertz CT molecular complexity index is 1150. The third-order valence-corrected chi connectivity index (χ3v) is 5.54. The van der Waals surface area contributed by atoms with Crippen molar-refractivity contribution in [3.63, 3.8) is 0 Å². The number of rotatable bonds is 4. The second kappa shape index (κ2) is 6.85. The summed E-state index contributed by atoms with van der Waals surface area (Å²) < 4.78 is 39.4. The van der Waals surface area contributed by atoms with E-state index in [1.54, 1.807) is 12.1 Å². The van der Waals surface area contributed by atoms with Crippen LogP contribution < -0.4 is 5.32 Å². The largest absolute Gasteiger partial charge is 0.416 e. The first-order valence-electron chi connectivity index (χ1n) is 8.88. The van der Waals surface area contributed by atoms with Crippen LogP contribution in [-0.4, -0.2) is 15.0 Å². The Morgan fingerprint density at radius 3 is 2.69 bits per heavy atom.